The maximum atomic E-state index is 11.9. The summed E-state index contributed by atoms with van der Waals surface area (Å²) in [6, 6.07) is 20.0. The minimum absolute atomic E-state index is 0.247. The second-order valence-corrected chi connectivity index (χ2v) is 7.44. The molecule has 0 aliphatic rings. The number of hydrogen-bond acceptors (Lipinski definition) is 5. The smallest absolute Gasteiger partial charge is 0.265 e. The maximum absolute atomic E-state index is 11.9. The second kappa shape index (κ2) is 12.0. The summed E-state index contributed by atoms with van der Waals surface area (Å²) in [6.07, 6.45) is 1.45. The summed E-state index contributed by atoms with van der Waals surface area (Å²) >= 11 is 12.2. The largest absolute Gasteiger partial charge is 0.490 e. The van der Waals surface area contributed by atoms with E-state index >= 15 is 0 Å². The Bertz CT molecular complexity index is 1060. The Hall–Kier alpha value is -3.22. The summed E-state index contributed by atoms with van der Waals surface area (Å²) < 4.78 is 11.6. The molecule has 3 aromatic rings. The minimum Gasteiger partial charge on any atom is -0.490 e. The van der Waals surface area contributed by atoms with Gasteiger partial charge in [-0.15, -0.1) is 0 Å². The average molecular weight is 473 g/mol. The van der Waals surface area contributed by atoms with E-state index < -0.39 is 0 Å². The van der Waals surface area contributed by atoms with Gasteiger partial charge in [0.2, 0.25) is 0 Å². The summed E-state index contributed by atoms with van der Waals surface area (Å²) in [5, 5.41) is 7.50. The molecule has 0 unspecified atom stereocenters. The van der Waals surface area contributed by atoms with Gasteiger partial charge >= 0.3 is 0 Å². The summed E-state index contributed by atoms with van der Waals surface area (Å²) in [5.41, 5.74) is 2.27. The number of nitrogens with one attached hydrogen (secondary N) is 1. The van der Waals surface area contributed by atoms with Crippen molar-refractivity contribution >= 4 is 41.0 Å². The Labute approximate surface area is 196 Å². The molecule has 0 aromatic heterocycles. The van der Waals surface area contributed by atoms with E-state index in [1.165, 1.54) is 6.21 Å². The van der Waals surface area contributed by atoms with Crippen LogP contribution in [0.1, 0.15) is 18.1 Å². The van der Waals surface area contributed by atoms with Gasteiger partial charge in [0.1, 0.15) is 6.61 Å². The predicted molar refractivity (Wildman–Crippen MR) is 127 cm³/mol. The fourth-order valence-corrected chi connectivity index (χ4v) is 3.12. The molecule has 0 bridgehead atoms. The highest BCUT2D eigenvalue weighted by molar-refractivity contribution is 6.32. The zero-order chi connectivity index (χ0) is 22.8. The van der Waals surface area contributed by atoms with Gasteiger partial charge in [0, 0.05) is 16.3 Å². The molecule has 0 fully saturated rings. The Morgan fingerprint density at radius 3 is 2.50 bits per heavy atom. The number of oxime groups is 1. The highest BCUT2D eigenvalue weighted by Crippen LogP contribution is 2.37. The van der Waals surface area contributed by atoms with Crippen LogP contribution in [0, 0.1) is 0 Å². The van der Waals surface area contributed by atoms with Crippen molar-refractivity contribution in [2.75, 3.05) is 18.5 Å². The topological polar surface area (TPSA) is 69.2 Å². The van der Waals surface area contributed by atoms with Gasteiger partial charge < -0.3 is 19.6 Å². The Kier molecular flexibility index (Phi) is 8.78. The van der Waals surface area contributed by atoms with Crippen LogP contribution in [0.3, 0.4) is 0 Å². The lowest BCUT2D eigenvalue weighted by Gasteiger charge is -2.14. The number of carbonyl (C=O) groups is 1. The summed E-state index contributed by atoms with van der Waals surface area (Å²) in [7, 11) is 0. The highest BCUT2D eigenvalue weighted by Gasteiger charge is 2.13. The molecule has 0 saturated heterocycles. The third-order valence-electron chi connectivity index (χ3n) is 4.16. The van der Waals surface area contributed by atoms with Crippen molar-refractivity contribution in [3.8, 4) is 11.5 Å². The van der Waals surface area contributed by atoms with Crippen LogP contribution in [0.5, 0.6) is 11.5 Å². The van der Waals surface area contributed by atoms with E-state index in [1.54, 1.807) is 36.4 Å². The van der Waals surface area contributed by atoms with Gasteiger partial charge in [0.25, 0.3) is 5.91 Å². The monoisotopic (exact) mass is 472 g/mol. The van der Waals surface area contributed by atoms with Crippen LogP contribution in [0.4, 0.5) is 5.69 Å². The van der Waals surface area contributed by atoms with Crippen molar-refractivity contribution in [2.45, 2.75) is 13.5 Å². The molecule has 0 spiro atoms. The fraction of sp³-hybridized carbons (Fsp3) is 0.167. The number of halogens is 2. The molecule has 166 valence electrons. The van der Waals surface area contributed by atoms with Gasteiger partial charge in [-0.1, -0.05) is 58.7 Å². The van der Waals surface area contributed by atoms with Crippen LogP contribution in [0.25, 0.3) is 0 Å². The molecule has 32 heavy (non-hydrogen) atoms. The van der Waals surface area contributed by atoms with Gasteiger partial charge in [-0.3, -0.25) is 4.79 Å². The Morgan fingerprint density at radius 1 is 1.03 bits per heavy atom. The van der Waals surface area contributed by atoms with Crippen LogP contribution >= 0.6 is 23.2 Å². The van der Waals surface area contributed by atoms with E-state index in [2.05, 4.69) is 10.5 Å². The van der Waals surface area contributed by atoms with E-state index in [0.717, 1.165) is 5.56 Å². The molecular formula is C24H22Cl2N2O4. The molecule has 3 aromatic carbocycles. The molecule has 0 radical (unpaired) electrons. The van der Waals surface area contributed by atoms with Gasteiger partial charge in [0.05, 0.1) is 17.8 Å². The molecule has 6 nitrogen and oxygen atoms in total. The lowest BCUT2D eigenvalue weighted by molar-refractivity contribution is -0.120. The Balaban J connectivity index is 1.58. The molecule has 1 amide bonds. The van der Waals surface area contributed by atoms with Crippen molar-refractivity contribution in [3.63, 3.8) is 0 Å². The molecule has 3 rings (SSSR count). The number of anilines is 1. The van der Waals surface area contributed by atoms with Crippen molar-refractivity contribution < 1.29 is 19.1 Å². The van der Waals surface area contributed by atoms with Crippen molar-refractivity contribution in [1.82, 2.24) is 0 Å². The van der Waals surface area contributed by atoms with E-state index in [1.807, 2.05) is 37.3 Å². The van der Waals surface area contributed by atoms with Crippen LogP contribution < -0.4 is 14.8 Å². The normalized spacial score (nSPS) is 10.7. The molecule has 8 heteroatoms. The third kappa shape index (κ3) is 7.18. The standard InChI is InChI=1S/C24H22Cl2N2O4/c1-2-30-22-13-18(12-21(26)24(22)31-15-17-6-4-3-5-7-17)14-27-32-16-23(29)28-20-10-8-19(25)9-11-20/h3-14H,2,15-16H2,1H3,(H,28,29). The van der Waals surface area contributed by atoms with Crippen LogP contribution in [0.15, 0.2) is 71.9 Å². The van der Waals surface area contributed by atoms with Gasteiger partial charge in [-0.05, 0) is 48.9 Å². The van der Waals surface area contributed by atoms with Gasteiger partial charge in [-0.2, -0.15) is 0 Å². The quantitative estimate of drug-likeness (QED) is 0.291. The first-order valence-corrected chi connectivity index (χ1v) is 10.6. The van der Waals surface area contributed by atoms with Crippen LogP contribution in [0.2, 0.25) is 10.0 Å². The molecule has 0 aliphatic heterocycles. The highest BCUT2D eigenvalue weighted by atomic mass is 35.5. The first kappa shape index (κ1) is 23.4. The molecule has 0 heterocycles. The molecule has 0 saturated carbocycles. The second-order valence-electron chi connectivity index (χ2n) is 6.60. The number of benzene rings is 3. The molecule has 0 atom stereocenters. The minimum atomic E-state index is -0.345. The number of carbonyl (C=O) groups excluding carboxylic acids is 1. The van der Waals surface area contributed by atoms with E-state index in [-0.39, 0.29) is 12.5 Å². The first-order chi connectivity index (χ1) is 15.5. The van der Waals surface area contributed by atoms with Crippen LogP contribution in [-0.2, 0) is 16.2 Å². The summed E-state index contributed by atoms with van der Waals surface area (Å²) in [5.74, 6) is 0.609. The zero-order valence-corrected chi connectivity index (χ0v) is 18.9. The SMILES string of the molecule is CCOc1cc(C=NOCC(=O)Nc2ccc(Cl)cc2)cc(Cl)c1OCc1ccccc1. The number of hydrogen-bond donors (Lipinski definition) is 1. The zero-order valence-electron chi connectivity index (χ0n) is 17.4. The molecular weight excluding hydrogens is 451 g/mol. The fourth-order valence-electron chi connectivity index (χ4n) is 2.72. The van der Waals surface area contributed by atoms with E-state index in [0.29, 0.717) is 46.0 Å². The van der Waals surface area contributed by atoms with E-state index in [9.17, 15) is 4.79 Å². The summed E-state index contributed by atoms with van der Waals surface area (Å²) in [4.78, 5) is 17.0. The number of ether oxygens (including phenoxy) is 2. The molecule has 0 aliphatic carbocycles. The van der Waals surface area contributed by atoms with Crippen molar-refractivity contribution in [3.05, 3.63) is 87.9 Å². The summed E-state index contributed by atoms with van der Waals surface area (Å²) in [6.45, 7) is 2.43. The molecule has 1 N–H and O–H groups in total. The van der Waals surface area contributed by atoms with Gasteiger partial charge in [-0.25, -0.2) is 0 Å². The third-order valence-corrected chi connectivity index (χ3v) is 4.69. The van der Waals surface area contributed by atoms with Crippen LogP contribution in [-0.4, -0.2) is 25.3 Å². The van der Waals surface area contributed by atoms with E-state index in [4.69, 9.17) is 37.5 Å². The van der Waals surface area contributed by atoms with Gasteiger partial charge in [0.15, 0.2) is 18.1 Å². The van der Waals surface area contributed by atoms with Crippen molar-refractivity contribution in [1.29, 1.82) is 0 Å². The average Bonchev–Trinajstić information content (AvgIpc) is 2.79. The maximum Gasteiger partial charge on any atom is 0.265 e. The predicted octanol–water partition coefficient (Wildman–Crippen LogP) is 5.96. The number of amides is 1. The Morgan fingerprint density at radius 2 is 1.78 bits per heavy atom. The lowest BCUT2D eigenvalue weighted by atomic mass is 10.2. The van der Waals surface area contributed by atoms with Crippen molar-refractivity contribution in [2.24, 2.45) is 5.16 Å². The number of rotatable bonds is 10. The lowest BCUT2D eigenvalue weighted by Crippen LogP contribution is -2.16. The first-order valence-electron chi connectivity index (χ1n) is 9.89. The number of nitrogens with zero attached hydrogens (tertiary/aromatic N) is 1.